The molecule has 4 aromatic rings. The molecule has 3 aromatic heterocycles. The minimum Gasteiger partial charge on any atom is -0.357 e. The van der Waals surface area contributed by atoms with E-state index < -0.39 is 0 Å². The summed E-state index contributed by atoms with van der Waals surface area (Å²) in [5.41, 5.74) is 2.70. The smallest absolute Gasteiger partial charge is 0.278 e. The van der Waals surface area contributed by atoms with Gasteiger partial charge < -0.3 is 9.80 Å². The van der Waals surface area contributed by atoms with Crippen molar-refractivity contribution in [1.82, 2.24) is 15.0 Å². The summed E-state index contributed by atoms with van der Waals surface area (Å²) in [6.45, 7) is 6.20. The van der Waals surface area contributed by atoms with Crippen molar-refractivity contribution in [3.8, 4) is 10.6 Å². The van der Waals surface area contributed by atoms with Gasteiger partial charge in [0.1, 0.15) is 22.3 Å². The second-order valence-electron chi connectivity index (χ2n) is 7.34. The van der Waals surface area contributed by atoms with E-state index in [0.29, 0.717) is 11.4 Å². The number of benzene rings is 1. The number of pyridine rings is 2. The zero-order valence-electron chi connectivity index (χ0n) is 19.3. The number of nitrogens with zero attached hydrogens (tertiary/aromatic N) is 5. The third-order valence-electron chi connectivity index (χ3n) is 5.27. The minimum absolute atomic E-state index is 0. The lowest BCUT2D eigenvalue weighted by Gasteiger charge is -2.23. The van der Waals surface area contributed by atoms with Crippen molar-refractivity contribution in [2.45, 2.75) is 20.4 Å². The van der Waals surface area contributed by atoms with Crippen LogP contribution in [-0.4, -0.2) is 33.9 Å². The van der Waals surface area contributed by atoms with Gasteiger partial charge in [0.15, 0.2) is 0 Å². The van der Waals surface area contributed by atoms with E-state index in [1.165, 1.54) is 23.5 Å². The summed E-state index contributed by atoms with van der Waals surface area (Å²) in [4.78, 5) is 30.4. The van der Waals surface area contributed by atoms with Crippen molar-refractivity contribution in [1.29, 1.82) is 0 Å². The lowest BCUT2D eigenvalue weighted by molar-refractivity contribution is 0.0981. The Morgan fingerprint density at radius 2 is 1.66 bits per heavy atom. The van der Waals surface area contributed by atoms with Crippen LogP contribution in [0.2, 0.25) is 0 Å². The summed E-state index contributed by atoms with van der Waals surface area (Å²) in [5, 5.41) is 2.49. The Hall–Kier alpha value is -3.07. The first-order valence-electron chi connectivity index (χ1n) is 10.7. The van der Waals surface area contributed by atoms with Gasteiger partial charge in [-0.25, -0.2) is 14.4 Å². The molecule has 0 saturated carbocycles. The van der Waals surface area contributed by atoms with E-state index in [-0.39, 0.29) is 43.1 Å². The van der Waals surface area contributed by atoms with Crippen LogP contribution in [0, 0.1) is 5.82 Å². The molecule has 4 rings (SSSR count). The first kappa shape index (κ1) is 28.2. The normalized spacial score (nSPS) is 10.1. The monoisotopic (exact) mass is 533 g/mol. The van der Waals surface area contributed by atoms with Crippen LogP contribution >= 0.6 is 36.2 Å². The highest BCUT2D eigenvalue weighted by Crippen LogP contribution is 2.26. The van der Waals surface area contributed by atoms with E-state index in [1.54, 1.807) is 41.0 Å². The SMILES string of the molecule is CCN(CC)c1ccc(CN(C(=O)c2csc(-c3ccncc3)n2)c2ccc(F)cc2)cn1.Cl.Cl. The molecule has 35 heavy (non-hydrogen) atoms. The number of aromatic nitrogens is 3. The number of amides is 1. The number of carbonyl (C=O) groups excluding carboxylic acids is 1. The molecular weight excluding hydrogens is 508 g/mol. The molecule has 0 saturated heterocycles. The summed E-state index contributed by atoms with van der Waals surface area (Å²) >= 11 is 1.40. The molecule has 0 aliphatic rings. The van der Waals surface area contributed by atoms with Gasteiger partial charge in [-0.1, -0.05) is 6.07 Å². The number of thiazole rings is 1. The van der Waals surface area contributed by atoms with E-state index in [2.05, 4.69) is 33.7 Å². The lowest BCUT2D eigenvalue weighted by Crippen LogP contribution is -2.31. The first-order valence-corrected chi connectivity index (χ1v) is 11.6. The van der Waals surface area contributed by atoms with Gasteiger partial charge in [0.2, 0.25) is 0 Å². The quantitative estimate of drug-likeness (QED) is 0.267. The van der Waals surface area contributed by atoms with E-state index in [4.69, 9.17) is 0 Å². The van der Waals surface area contributed by atoms with Crippen LogP contribution in [-0.2, 0) is 6.54 Å². The first-order chi connectivity index (χ1) is 16.1. The van der Waals surface area contributed by atoms with Crippen molar-refractivity contribution < 1.29 is 9.18 Å². The fourth-order valence-electron chi connectivity index (χ4n) is 3.47. The second kappa shape index (κ2) is 13.1. The number of rotatable bonds is 8. The highest BCUT2D eigenvalue weighted by molar-refractivity contribution is 7.13. The fraction of sp³-hybridized carbons (Fsp3) is 0.200. The summed E-state index contributed by atoms with van der Waals surface area (Å²) in [6, 6.07) is 13.5. The molecule has 0 N–H and O–H groups in total. The van der Waals surface area contributed by atoms with Crippen molar-refractivity contribution >= 4 is 53.6 Å². The van der Waals surface area contributed by atoms with Crippen LogP contribution < -0.4 is 9.80 Å². The van der Waals surface area contributed by atoms with Gasteiger partial charge in [-0.2, -0.15) is 0 Å². The number of carbonyl (C=O) groups is 1. The molecular formula is C25H26Cl2FN5OS. The molecule has 0 aliphatic carbocycles. The maximum atomic E-state index is 13.5. The molecule has 6 nitrogen and oxygen atoms in total. The minimum atomic E-state index is -0.356. The predicted molar refractivity (Wildman–Crippen MR) is 145 cm³/mol. The zero-order chi connectivity index (χ0) is 23.2. The fourth-order valence-corrected chi connectivity index (χ4v) is 4.27. The third kappa shape index (κ3) is 6.75. The average molecular weight is 534 g/mol. The molecule has 1 amide bonds. The second-order valence-corrected chi connectivity index (χ2v) is 8.20. The van der Waals surface area contributed by atoms with E-state index in [1.807, 2.05) is 24.3 Å². The molecule has 0 spiro atoms. The van der Waals surface area contributed by atoms with E-state index in [9.17, 15) is 9.18 Å². The maximum Gasteiger partial charge on any atom is 0.278 e. The molecule has 0 fully saturated rings. The van der Waals surface area contributed by atoms with Crippen LogP contribution in [0.5, 0.6) is 0 Å². The Bertz CT molecular complexity index is 1200. The van der Waals surface area contributed by atoms with Crippen LogP contribution in [0.15, 0.2) is 72.5 Å². The van der Waals surface area contributed by atoms with Gasteiger partial charge in [0, 0.05) is 48.3 Å². The number of anilines is 2. The molecule has 0 atom stereocenters. The van der Waals surface area contributed by atoms with Gasteiger partial charge in [0.25, 0.3) is 5.91 Å². The van der Waals surface area contributed by atoms with Gasteiger partial charge in [-0.05, 0) is 61.9 Å². The van der Waals surface area contributed by atoms with Crippen molar-refractivity contribution in [3.63, 3.8) is 0 Å². The van der Waals surface area contributed by atoms with E-state index >= 15 is 0 Å². The largest absolute Gasteiger partial charge is 0.357 e. The van der Waals surface area contributed by atoms with Crippen LogP contribution in [0.3, 0.4) is 0 Å². The summed E-state index contributed by atoms with van der Waals surface area (Å²) in [5.74, 6) is 0.279. The molecule has 3 heterocycles. The molecule has 0 bridgehead atoms. The molecule has 0 unspecified atom stereocenters. The van der Waals surface area contributed by atoms with Crippen LogP contribution in [0.4, 0.5) is 15.9 Å². The van der Waals surface area contributed by atoms with Crippen LogP contribution in [0.25, 0.3) is 10.6 Å². The highest BCUT2D eigenvalue weighted by atomic mass is 35.5. The highest BCUT2D eigenvalue weighted by Gasteiger charge is 2.22. The summed E-state index contributed by atoms with van der Waals surface area (Å²) in [6.07, 6.45) is 5.16. The van der Waals surface area contributed by atoms with Gasteiger partial charge in [-0.3, -0.25) is 9.78 Å². The topological polar surface area (TPSA) is 62.2 Å². The number of hydrogen-bond acceptors (Lipinski definition) is 6. The number of hydrogen-bond donors (Lipinski definition) is 0. The average Bonchev–Trinajstić information content (AvgIpc) is 3.35. The maximum absolute atomic E-state index is 13.5. The van der Waals surface area contributed by atoms with Crippen molar-refractivity contribution in [2.24, 2.45) is 0 Å². The van der Waals surface area contributed by atoms with Gasteiger partial charge >= 0.3 is 0 Å². The van der Waals surface area contributed by atoms with Crippen molar-refractivity contribution in [3.05, 3.63) is 89.6 Å². The van der Waals surface area contributed by atoms with Crippen LogP contribution in [0.1, 0.15) is 29.9 Å². The summed E-state index contributed by atoms with van der Waals surface area (Å²) in [7, 11) is 0. The van der Waals surface area contributed by atoms with Gasteiger partial charge in [-0.15, -0.1) is 36.2 Å². The Balaban J connectivity index is 0.00000216. The lowest BCUT2D eigenvalue weighted by atomic mass is 10.2. The molecule has 184 valence electrons. The zero-order valence-corrected chi connectivity index (χ0v) is 21.7. The Kier molecular flexibility index (Phi) is 10.6. The molecule has 1 aromatic carbocycles. The number of halogens is 3. The molecule has 0 radical (unpaired) electrons. The Labute approximate surface area is 220 Å². The van der Waals surface area contributed by atoms with Gasteiger partial charge in [0.05, 0.1) is 6.54 Å². The standard InChI is InChI=1S/C25H24FN5OS.2ClH/c1-3-30(4-2)23-10-5-18(15-28-23)16-31(21-8-6-20(26)7-9-21)25(32)22-17-33-24(29-22)19-11-13-27-14-12-19;;/h5-15,17H,3-4,16H2,1-2H3;2*1H. The van der Waals surface area contributed by atoms with Crippen molar-refractivity contribution in [2.75, 3.05) is 22.9 Å². The molecule has 10 heteroatoms. The molecule has 0 aliphatic heterocycles. The Morgan fingerprint density at radius 3 is 2.26 bits per heavy atom. The summed E-state index contributed by atoms with van der Waals surface area (Å²) < 4.78 is 13.5. The Morgan fingerprint density at radius 1 is 0.971 bits per heavy atom. The third-order valence-corrected chi connectivity index (χ3v) is 6.16. The van der Waals surface area contributed by atoms with E-state index in [0.717, 1.165) is 35.0 Å². The predicted octanol–water partition coefficient (Wildman–Crippen LogP) is 6.28.